The minimum absolute atomic E-state index is 0.401. The SMILES string of the molecule is Clc1ccc(-c2nnc(-c3cccc(Br)c3)o2)cc1Cl. The Morgan fingerprint density at radius 1 is 0.850 bits per heavy atom. The molecule has 6 heteroatoms. The summed E-state index contributed by atoms with van der Waals surface area (Å²) in [7, 11) is 0. The van der Waals surface area contributed by atoms with Gasteiger partial charge in [0.05, 0.1) is 10.0 Å². The van der Waals surface area contributed by atoms with Crippen LogP contribution in [0.4, 0.5) is 0 Å². The van der Waals surface area contributed by atoms with E-state index >= 15 is 0 Å². The molecule has 3 rings (SSSR count). The summed E-state index contributed by atoms with van der Waals surface area (Å²) in [6.45, 7) is 0. The predicted molar refractivity (Wildman–Crippen MR) is 82.9 cm³/mol. The van der Waals surface area contributed by atoms with Crippen molar-refractivity contribution >= 4 is 39.1 Å². The van der Waals surface area contributed by atoms with Gasteiger partial charge in [-0.25, -0.2) is 0 Å². The molecule has 3 aromatic rings. The second-order valence-electron chi connectivity index (χ2n) is 4.05. The van der Waals surface area contributed by atoms with Gasteiger partial charge < -0.3 is 4.42 Å². The summed E-state index contributed by atoms with van der Waals surface area (Å²) in [5.41, 5.74) is 1.58. The maximum atomic E-state index is 5.98. The first kappa shape index (κ1) is 13.6. The molecule has 0 fully saturated rings. The second-order valence-corrected chi connectivity index (χ2v) is 5.78. The van der Waals surface area contributed by atoms with Crippen molar-refractivity contribution in [1.29, 1.82) is 0 Å². The first-order valence-electron chi connectivity index (χ1n) is 5.68. The highest BCUT2D eigenvalue weighted by atomic mass is 79.9. The van der Waals surface area contributed by atoms with Crippen molar-refractivity contribution in [3.8, 4) is 22.9 Å². The first-order chi connectivity index (χ1) is 9.63. The van der Waals surface area contributed by atoms with E-state index in [2.05, 4.69) is 26.1 Å². The van der Waals surface area contributed by atoms with Crippen LogP contribution in [0.15, 0.2) is 51.4 Å². The second kappa shape index (κ2) is 5.56. The molecule has 0 unspecified atom stereocenters. The van der Waals surface area contributed by atoms with Gasteiger partial charge in [0.1, 0.15) is 0 Å². The Balaban J connectivity index is 1.99. The van der Waals surface area contributed by atoms with Crippen molar-refractivity contribution < 1.29 is 4.42 Å². The van der Waals surface area contributed by atoms with Gasteiger partial charge in [-0.05, 0) is 36.4 Å². The van der Waals surface area contributed by atoms with Gasteiger partial charge in [-0.1, -0.05) is 45.2 Å². The van der Waals surface area contributed by atoms with Crippen LogP contribution < -0.4 is 0 Å². The van der Waals surface area contributed by atoms with Crippen LogP contribution >= 0.6 is 39.1 Å². The summed E-state index contributed by atoms with van der Waals surface area (Å²) in [5, 5.41) is 9.01. The number of nitrogens with zero attached hydrogens (tertiary/aromatic N) is 2. The summed E-state index contributed by atoms with van der Waals surface area (Å²) in [4.78, 5) is 0. The van der Waals surface area contributed by atoms with Crippen LogP contribution in [0.25, 0.3) is 22.9 Å². The number of hydrogen-bond acceptors (Lipinski definition) is 3. The first-order valence-corrected chi connectivity index (χ1v) is 7.23. The van der Waals surface area contributed by atoms with Gasteiger partial charge in [0.15, 0.2) is 0 Å². The zero-order chi connectivity index (χ0) is 14.1. The molecule has 0 saturated heterocycles. The molecule has 1 aromatic heterocycles. The molecule has 20 heavy (non-hydrogen) atoms. The normalized spacial score (nSPS) is 10.8. The van der Waals surface area contributed by atoms with Crippen LogP contribution in [0, 0.1) is 0 Å². The fourth-order valence-electron chi connectivity index (χ4n) is 1.71. The maximum Gasteiger partial charge on any atom is 0.248 e. The molecular formula is C14H7BrCl2N2O. The molecule has 2 aromatic carbocycles. The number of halogens is 3. The Morgan fingerprint density at radius 3 is 2.20 bits per heavy atom. The molecule has 0 spiro atoms. The minimum atomic E-state index is 0.401. The number of rotatable bonds is 2. The van der Waals surface area contributed by atoms with E-state index < -0.39 is 0 Å². The number of aromatic nitrogens is 2. The fraction of sp³-hybridized carbons (Fsp3) is 0. The van der Waals surface area contributed by atoms with Gasteiger partial charge in [-0.2, -0.15) is 0 Å². The number of hydrogen-bond donors (Lipinski definition) is 0. The van der Waals surface area contributed by atoms with E-state index in [9.17, 15) is 0 Å². The topological polar surface area (TPSA) is 38.9 Å². The van der Waals surface area contributed by atoms with Gasteiger partial charge in [0, 0.05) is 15.6 Å². The van der Waals surface area contributed by atoms with Gasteiger partial charge in [0.2, 0.25) is 11.8 Å². The summed E-state index contributed by atoms with van der Waals surface area (Å²) in [6.07, 6.45) is 0. The lowest BCUT2D eigenvalue weighted by Crippen LogP contribution is -1.78. The minimum Gasteiger partial charge on any atom is -0.416 e. The molecule has 0 bridgehead atoms. The van der Waals surface area contributed by atoms with Crippen LogP contribution in [-0.4, -0.2) is 10.2 Å². The van der Waals surface area contributed by atoms with E-state index in [0.29, 0.717) is 21.8 Å². The van der Waals surface area contributed by atoms with Crippen LogP contribution in [0.5, 0.6) is 0 Å². The smallest absolute Gasteiger partial charge is 0.248 e. The van der Waals surface area contributed by atoms with Crippen molar-refractivity contribution in [3.05, 3.63) is 57.0 Å². The van der Waals surface area contributed by atoms with E-state index in [1.165, 1.54) is 0 Å². The van der Waals surface area contributed by atoms with Crippen molar-refractivity contribution in [2.24, 2.45) is 0 Å². The summed E-state index contributed by atoms with van der Waals surface area (Å²) in [6, 6.07) is 12.8. The Labute approximate surface area is 133 Å². The van der Waals surface area contributed by atoms with Crippen LogP contribution in [-0.2, 0) is 0 Å². The van der Waals surface area contributed by atoms with E-state index in [1.807, 2.05) is 24.3 Å². The molecule has 0 aliphatic rings. The van der Waals surface area contributed by atoms with Crippen molar-refractivity contribution in [2.45, 2.75) is 0 Å². The van der Waals surface area contributed by atoms with E-state index in [1.54, 1.807) is 18.2 Å². The highest BCUT2D eigenvalue weighted by molar-refractivity contribution is 9.10. The number of benzene rings is 2. The molecule has 0 N–H and O–H groups in total. The lowest BCUT2D eigenvalue weighted by Gasteiger charge is -1.98. The molecule has 1 heterocycles. The highest BCUT2D eigenvalue weighted by Crippen LogP contribution is 2.30. The monoisotopic (exact) mass is 368 g/mol. The largest absolute Gasteiger partial charge is 0.416 e. The lowest BCUT2D eigenvalue weighted by atomic mass is 10.2. The third-order valence-corrected chi connectivity index (χ3v) is 3.90. The molecule has 0 radical (unpaired) electrons. The average molecular weight is 370 g/mol. The quantitative estimate of drug-likeness (QED) is 0.600. The molecule has 100 valence electrons. The van der Waals surface area contributed by atoms with E-state index in [0.717, 1.165) is 15.6 Å². The van der Waals surface area contributed by atoms with Crippen LogP contribution in [0.3, 0.4) is 0 Å². The standard InChI is InChI=1S/C14H7BrCl2N2O/c15-10-3-1-2-8(6-10)13-18-19-14(20-13)9-4-5-11(16)12(17)7-9/h1-7H. The molecular weight excluding hydrogens is 363 g/mol. The Bertz CT molecular complexity index is 773. The molecule has 3 nitrogen and oxygen atoms in total. The van der Waals surface area contributed by atoms with Crippen LogP contribution in [0.2, 0.25) is 10.0 Å². The van der Waals surface area contributed by atoms with Gasteiger partial charge >= 0.3 is 0 Å². The van der Waals surface area contributed by atoms with Gasteiger partial charge in [-0.15, -0.1) is 10.2 Å². The molecule has 0 amide bonds. The van der Waals surface area contributed by atoms with Crippen LogP contribution in [0.1, 0.15) is 0 Å². The zero-order valence-corrected chi connectivity index (χ0v) is 13.1. The third-order valence-electron chi connectivity index (χ3n) is 2.66. The van der Waals surface area contributed by atoms with E-state index in [4.69, 9.17) is 27.6 Å². The molecule has 0 saturated carbocycles. The van der Waals surface area contributed by atoms with Gasteiger partial charge in [-0.3, -0.25) is 0 Å². The molecule has 0 aliphatic heterocycles. The maximum absolute atomic E-state index is 5.98. The third kappa shape index (κ3) is 2.73. The van der Waals surface area contributed by atoms with Crippen molar-refractivity contribution in [3.63, 3.8) is 0 Å². The zero-order valence-electron chi connectivity index (χ0n) is 9.98. The van der Waals surface area contributed by atoms with Crippen molar-refractivity contribution in [1.82, 2.24) is 10.2 Å². The summed E-state index contributed by atoms with van der Waals surface area (Å²) >= 11 is 15.3. The predicted octanol–water partition coefficient (Wildman–Crippen LogP) is 5.47. The Kier molecular flexibility index (Phi) is 3.78. The highest BCUT2D eigenvalue weighted by Gasteiger charge is 2.11. The van der Waals surface area contributed by atoms with Crippen molar-refractivity contribution in [2.75, 3.05) is 0 Å². The Hall–Kier alpha value is -1.36. The fourth-order valence-corrected chi connectivity index (χ4v) is 2.40. The summed E-state index contributed by atoms with van der Waals surface area (Å²) < 4.78 is 6.61. The van der Waals surface area contributed by atoms with E-state index in [-0.39, 0.29) is 0 Å². The molecule has 0 atom stereocenters. The summed E-state index contributed by atoms with van der Waals surface area (Å²) in [5.74, 6) is 0.853. The average Bonchev–Trinajstić information content (AvgIpc) is 2.92. The molecule has 0 aliphatic carbocycles. The Morgan fingerprint density at radius 2 is 1.55 bits per heavy atom. The lowest BCUT2D eigenvalue weighted by molar-refractivity contribution is 0.584. The van der Waals surface area contributed by atoms with Gasteiger partial charge in [0.25, 0.3) is 0 Å².